The lowest BCUT2D eigenvalue weighted by molar-refractivity contribution is 0.141. The molecule has 0 amide bonds. The van der Waals surface area contributed by atoms with Gasteiger partial charge in [-0.05, 0) is 0 Å². The van der Waals surface area contributed by atoms with Crippen LogP contribution in [0.2, 0.25) is 0 Å². The van der Waals surface area contributed by atoms with Gasteiger partial charge in [0, 0.05) is 0 Å². The number of hydrogen-bond donors (Lipinski definition) is 0. The highest BCUT2D eigenvalue weighted by molar-refractivity contribution is 5.63. The Morgan fingerprint density at radius 3 is 3.00 bits per heavy atom. The molecule has 0 spiro atoms. The van der Waals surface area contributed by atoms with E-state index in [1.807, 2.05) is 0 Å². The third-order valence-electron chi connectivity index (χ3n) is 0.531. The molecule has 0 N–H and O–H groups in total. The highest BCUT2D eigenvalue weighted by Crippen LogP contribution is 1.95. The molecule has 2 nitrogen and oxygen atoms in total. The van der Waals surface area contributed by atoms with Gasteiger partial charge in [-0.1, -0.05) is 5.16 Å². The summed E-state index contributed by atoms with van der Waals surface area (Å²) in [4.78, 5) is 4.25. The van der Waals surface area contributed by atoms with Crippen molar-refractivity contribution < 1.29 is 9.23 Å². The van der Waals surface area contributed by atoms with Gasteiger partial charge in [0.1, 0.15) is 0 Å². The van der Waals surface area contributed by atoms with Crippen LogP contribution in [-0.2, 0) is 4.84 Å². The Labute approximate surface area is 34.6 Å². The Balaban J connectivity index is 2.38. The van der Waals surface area contributed by atoms with Gasteiger partial charge in [-0.2, -0.15) is 0 Å². The normalized spacial score (nSPS) is 30.5. The lowest BCUT2D eigenvalue weighted by Crippen LogP contribution is -1.99. The van der Waals surface area contributed by atoms with E-state index in [1.54, 1.807) is 0 Å². The van der Waals surface area contributed by atoms with Crippen LogP contribution in [0.5, 0.6) is 0 Å². The summed E-state index contributed by atoms with van der Waals surface area (Å²) in [6, 6.07) is 0. The highest BCUT2D eigenvalue weighted by Gasteiger charge is 2.07. The van der Waals surface area contributed by atoms with Crippen LogP contribution in [0, 0.1) is 0 Å². The monoisotopic (exact) mass is 89.0 g/mol. The molecule has 1 heterocycles. The number of hydrogen-bond acceptors (Lipinski definition) is 2. The predicted molar refractivity (Wildman–Crippen MR) is 19.3 cm³/mol. The summed E-state index contributed by atoms with van der Waals surface area (Å²) >= 11 is 0. The topological polar surface area (TPSA) is 21.6 Å². The van der Waals surface area contributed by atoms with Crippen LogP contribution in [0.25, 0.3) is 0 Å². The SMILES string of the molecule is FC1C=NOC1. The maximum atomic E-state index is 11.6. The Hall–Kier alpha value is -0.600. The van der Waals surface area contributed by atoms with Gasteiger partial charge >= 0.3 is 0 Å². The number of halogens is 1. The quantitative estimate of drug-likeness (QED) is 0.419. The fourth-order valence-corrected chi connectivity index (χ4v) is 0.266. The van der Waals surface area contributed by atoms with Crippen molar-refractivity contribution >= 4 is 6.21 Å². The average molecular weight is 89.1 g/mol. The van der Waals surface area contributed by atoms with Crippen molar-refractivity contribution in [1.82, 2.24) is 0 Å². The lowest BCUT2D eigenvalue weighted by atomic mass is 10.5. The van der Waals surface area contributed by atoms with E-state index in [0.29, 0.717) is 0 Å². The minimum Gasteiger partial charge on any atom is -0.392 e. The van der Waals surface area contributed by atoms with Crippen LogP contribution >= 0.6 is 0 Å². The largest absolute Gasteiger partial charge is 0.392 e. The van der Waals surface area contributed by atoms with E-state index in [-0.39, 0.29) is 6.61 Å². The van der Waals surface area contributed by atoms with E-state index < -0.39 is 6.17 Å². The Morgan fingerprint density at radius 2 is 2.83 bits per heavy atom. The summed E-state index contributed by atoms with van der Waals surface area (Å²) in [5.41, 5.74) is 0. The fourth-order valence-electron chi connectivity index (χ4n) is 0.266. The first-order valence-electron chi connectivity index (χ1n) is 1.69. The van der Waals surface area contributed by atoms with Gasteiger partial charge in [-0.15, -0.1) is 0 Å². The maximum Gasteiger partial charge on any atom is 0.175 e. The molecule has 0 aromatic rings. The molecule has 0 saturated carbocycles. The van der Waals surface area contributed by atoms with Crippen LogP contribution in [0.1, 0.15) is 0 Å². The first-order chi connectivity index (χ1) is 2.89. The van der Waals surface area contributed by atoms with Gasteiger partial charge < -0.3 is 4.84 Å². The number of oxime groups is 1. The maximum absolute atomic E-state index is 11.6. The summed E-state index contributed by atoms with van der Waals surface area (Å²) < 4.78 is 11.6. The third kappa shape index (κ3) is 0.478. The van der Waals surface area contributed by atoms with Crippen LogP contribution in [0.3, 0.4) is 0 Å². The second kappa shape index (κ2) is 1.24. The molecule has 0 fully saturated rings. The third-order valence-corrected chi connectivity index (χ3v) is 0.531. The Kier molecular flexibility index (Phi) is 0.742. The fraction of sp³-hybridized carbons (Fsp3) is 0.667. The molecule has 1 rings (SSSR count). The van der Waals surface area contributed by atoms with Crippen LogP contribution < -0.4 is 0 Å². The van der Waals surface area contributed by atoms with E-state index in [0.717, 1.165) is 6.21 Å². The van der Waals surface area contributed by atoms with Crippen molar-refractivity contribution in [2.45, 2.75) is 6.17 Å². The van der Waals surface area contributed by atoms with Crippen molar-refractivity contribution in [1.29, 1.82) is 0 Å². The molecule has 0 aliphatic carbocycles. The molecule has 1 aliphatic rings. The van der Waals surface area contributed by atoms with E-state index in [4.69, 9.17) is 0 Å². The molecule has 0 aromatic heterocycles. The number of alkyl halides is 1. The summed E-state index contributed by atoms with van der Waals surface area (Å²) in [6.45, 7) is 0.0972. The molecule has 0 saturated heterocycles. The van der Waals surface area contributed by atoms with Crippen molar-refractivity contribution in [3.05, 3.63) is 0 Å². The van der Waals surface area contributed by atoms with Gasteiger partial charge in [-0.25, -0.2) is 4.39 Å². The van der Waals surface area contributed by atoms with Crippen LogP contribution in [0.15, 0.2) is 5.16 Å². The lowest BCUT2D eigenvalue weighted by Gasteiger charge is -1.83. The zero-order chi connectivity index (χ0) is 4.41. The van der Waals surface area contributed by atoms with Gasteiger partial charge in [0.2, 0.25) is 0 Å². The molecular formula is C3H4FNO. The van der Waals surface area contributed by atoms with Crippen LogP contribution in [0.4, 0.5) is 4.39 Å². The van der Waals surface area contributed by atoms with Gasteiger partial charge in [0.05, 0.1) is 6.21 Å². The zero-order valence-electron chi connectivity index (χ0n) is 3.10. The molecule has 1 aliphatic heterocycles. The van der Waals surface area contributed by atoms with Crippen molar-refractivity contribution in [2.75, 3.05) is 6.61 Å². The second-order valence-electron chi connectivity index (χ2n) is 1.07. The predicted octanol–water partition coefficient (Wildman–Crippen LogP) is 0.341. The molecule has 6 heavy (non-hydrogen) atoms. The molecule has 0 aromatic carbocycles. The van der Waals surface area contributed by atoms with E-state index in [2.05, 4.69) is 9.99 Å². The van der Waals surface area contributed by atoms with Gasteiger partial charge in [-0.3, -0.25) is 0 Å². The Bertz CT molecular complexity index is 73.2. The summed E-state index contributed by atoms with van der Waals surface area (Å²) in [7, 11) is 0. The van der Waals surface area contributed by atoms with Gasteiger partial charge in [0.15, 0.2) is 12.8 Å². The summed E-state index contributed by atoms with van der Waals surface area (Å²) in [5, 5.41) is 3.16. The molecule has 1 unspecified atom stereocenters. The first kappa shape index (κ1) is 3.59. The Morgan fingerprint density at radius 1 is 2.00 bits per heavy atom. The molecule has 34 valence electrons. The standard InChI is InChI=1S/C3H4FNO/c4-3-1-5-6-2-3/h1,3H,2H2. The molecule has 0 bridgehead atoms. The molecule has 3 heteroatoms. The second-order valence-corrected chi connectivity index (χ2v) is 1.07. The smallest absolute Gasteiger partial charge is 0.175 e. The first-order valence-corrected chi connectivity index (χ1v) is 1.69. The molecule has 1 atom stereocenters. The van der Waals surface area contributed by atoms with E-state index >= 15 is 0 Å². The summed E-state index contributed by atoms with van der Waals surface area (Å²) in [6.07, 6.45) is 0.171. The van der Waals surface area contributed by atoms with E-state index in [1.165, 1.54) is 0 Å². The van der Waals surface area contributed by atoms with E-state index in [9.17, 15) is 4.39 Å². The number of rotatable bonds is 0. The van der Waals surface area contributed by atoms with Crippen molar-refractivity contribution in [2.24, 2.45) is 5.16 Å². The van der Waals surface area contributed by atoms with Crippen molar-refractivity contribution in [3.8, 4) is 0 Å². The minimum atomic E-state index is -0.968. The van der Waals surface area contributed by atoms with Gasteiger partial charge in [0.25, 0.3) is 0 Å². The van der Waals surface area contributed by atoms with Crippen LogP contribution in [-0.4, -0.2) is 19.0 Å². The summed E-state index contributed by atoms with van der Waals surface area (Å²) in [5.74, 6) is 0. The molecule has 0 radical (unpaired) electrons. The number of nitrogens with zero attached hydrogens (tertiary/aromatic N) is 1. The minimum absolute atomic E-state index is 0.0972. The average Bonchev–Trinajstić information content (AvgIpc) is 1.86. The highest BCUT2D eigenvalue weighted by atomic mass is 19.1. The molecular weight excluding hydrogens is 85.0 g/mol. The van der Waals surface area contributed by atoms with Crippen molar-refractivity contribution in [3.63, 3.8) is 0 Å². The zero-order valence-corrected chi connectivity index (χ0v) is 3.10.